The van der Waals surface area contributed by atoms with E-state index in [1.807, 2.05) is 31.2 Å². The number of hydrogen-bond acceptors (Lipinski definition) is 3. The monoisotopic (exact) mass is 266 g/mol. The third-order valence-corrected chi connectivity index (χ3v) is 3.84. The van der Waals surface area contributed by atoms with E-state index >= 15 is 0 Å². The van der Waals surface area contributed by atoms with Gasteiger partial charge in [0.1, 0.15) is 5.75 Å². The Morgan fingerprint density at radius 2 is 1.79 bits per heavy atom. The predicted molar refractivity (Wildman–Crippen MR) is 77.6 cm³/mol. The second-order valence-corrected chi connectivity index (χ2v) is 4.74. The fraction of sp³-hybridized carbons (Fsp3) is 0.625. The molecule has 0 bridgehead atoms. The van der Waals surface area contributed by atoms with Gasteiger partial charge in [0, 0.05) is 13.0 Å². The second kappa shape index (κ2) is 7.51. The first-order chi connectivity index (χ1) is 9.13. The molecule has 0 aromatic heterocycles. The van der Waals surface area contributed by atoms with Gasteiger partial charge in [0.25, 0.3) is 0 Å². The summed E-state index contributed by atoms with van der Waals surface area (Å²) in [5.74, 6) is 0.819. The number of rotatable bonds is 8. The summed E-state index contributed by atoms with van der Waals surface area (Å²) in [6, 6.07) is 7.81. The molecule has 0 heterocycles. The summed E-state index contributed by atoms with van der Waals surface area (Å²) < 4.78 is 11.2. The summed E-state index contributed by atoms with van der Waals surface area (Å²) in [5.41, 5.74) is 0.554. The fourth-order valence-corrected chi connectivity index (χ4v) is 2.57. The molecule has 19 heavy (non-hydrogen) atoms. The number of aliphatic hydroxyl groups is 1. The summed E-state index contributed by atoms with van der Waals surface area (Å²) in [5, 5.41) is 10.6. The number of ether oxygens (including phenoxy) is 2. The molecule has 0 saturated heterocycles. The minimum absolute atomic E-state index is 0.463. The number of aliphatic hydroxyl groups excluding tert-OH is 1. The van der Waals surface area contributed by atoms with Crippen LogP contribution >= 0.6 is 0 Å². The van der Waals surface area contributed by atoms with Crippen molar-refractivity contribution in [1.29, 1.82) is 0 Å². The SMILES string of the molecule is CCOC(CC)(CC)C(O)Cc1ccccc1OC. The molecular formula is C16H26O3. The van der Waals surface area contributed by atoms with E-state index in [4.69, 9.17) is 9.47 Å². The van der Waals surface area contributed by atoms with E-state index in [-0.39, 0.29) is 0 Å². The maximum absolute atomic E-state index is 10.6. The highest BCUT2D eigenvalue weighted by Gasteiger charge is 2.35. The van der Waals surface area contributed by atoms with Crippen molar-refractivity contribution in [2.24, 2.45) is 0 Å². The van der Waals surface area contributed by atoms with Crippen LogP contribution in [-0.4, -0.2) is 30.5 Å². The van der Waals surface area contributed by atoms with Gasteiger partial charge in [-0.25, -0.2) is 0 Å². The molecule has 1 rings (SSSR count). The zero-order valence-corrected chi connectivity index (χ0v) is 12.5. The van der Waals surface area contributed by atoms with Gasteiger partial charge < -0.3 is 14.6 Å². The molecule has 1 atom stereocenters. The van der Waals surface area contributed by atoms with Gasteiger partial charge in [0.2, 0.25) is 0 Å². The maximum Gasteiger partial charge on any atom is 0.122 e. The van der Waals surface area contributed by atoms with Gasteiger partial charge in [0.05, 0.1) is 18.8 Å². The molecule has 0 aliphatic heterocycles. The Labute approximate surface area is 116 Å². The van der Waals surface area contributed by atoms with Crippen molar-refractivity contribution < 1.29 is 14.6 Å². The Hall–Kier alpha value is -1.06. The molecule has 0 radical (unpaired) electrons. The first kappa shape index (κ1) is 16.0. The molecule has 0 saturated carbocycles. The molecule has 0 aliphatic carbocycles. The molecule has 0 aliphatic rings. The minimum Gasteiger partial charge on any atom is -0.496 e. The molecule has 0 amide bonds. The molecular weight excluding hydrogens is 240 g/mol. The molecule has 0 fully saturated rings. The third-order valence-electron chi connectivity index (χ3n) is 3.84. The van der Waals surface area contributed by atoms with E-state index < -0.39 is 11.7 Å². The van der Waals surface area contributed by atoms with E-state index in [0.29, 0.717) is 13.0 Å². The topological polar surface area (TPSA) is 38.7 Å². The van der Waals surface area contributed by atoms with Gasteiger partial charge in [-0.05, 0) is 31.4 Å². The number of benzene rings is 1. The zero-order chi connectivity index (χ0) is 14.3. The van der Waals surface area contributed by atoms with E-state index in [1.165, 1.54) is 0 Å². The lowest BCUT2D eigenvalue weighted by molar-refractivity contribution is -0.124. The first-order valence-corrected chi connectivity index (χ1v) is 7.07. The lowest BCUT2D eigenvalue weighted by Gasteiger charge is -2.36. The molecule has 1 unspecified atom stereocenters. The Balaban J connectivity index is 2.89. The van der Waals surface area contributed by atoms with Crippen LogP contribution in [0, 0.1) is 0 Å². The van der Waals surface area contributed by atoms with Crippen molar-refractivity contribution in [3.8, 4) is 5.75 Å². The van der Waals surface area contributed by atoms with Crippen LogP contribution in [0.3, 0.4) is 0 Å². The average Bonchev–Trinajstić information content (AvgIpc) is 2.45. The average molecular weight is 266 g/mol. The van der Waals surface area contributed by atoms with Crippen molar-refractivity contribution in [2.75, 3.05) is 13.7 Å². The Morgan fingerprint density at radius 3 is 2.32 bits per heavy atom. The van der Waals surface area contributed by atoms with Gasteiger partial charge >= 0.3 is 0 Å². The molecule has 0 spiro atoms. The molecule has 3 heteroatoms. The van der Waals surface area contributed by atoms with Crippen molar-refractivity contribution in [3.63, 3.8) is 0 Å². The molecule has 1 aromatic carbocycles. The van der Waals surface area contributed by atoms with Gasteiger partial charge in [-0.1, -0.05) is 32.0 Å². The molecule has 3 nitrogen and oxygen atoms in total. The van der Waals surface area contributed by atoms with Crippen LogP contribution in [0.15, 0.2) is 24.3 Å². The predicted octanol–water partition coefficient (Wildman–Crippen LogP) is 3.19. The largest absolute Gasteiger partial charge is 0.496 e. The van der Waals surface area contributed by atoms with Crippen molar-refractivity contribution in [1.82, 2.24) is 0 Å². The summed E-state index contributed by atoms with van der Waals surface area (Å²) >= 11 is 0. The van der Waals surface area contributed by atoms with E-state index in [1.54, 1.807) is 7.11 Å². The fourth-order valence-electron chi connectivity index (χ4n) is 2.57. The highest BCUT2D eigenvalue weighted by molar-refractivity contribution is 5.34. The number of hydrogen-bond donors (Lipinski definition) is 1. The van der Waals surface area contributed by atoms with Crippen molar-refractivity contribution in [3.05, 3.63) is 29.8 Å². The Morgan fingerprint density at radius 1 is 1.16 bits per heavy atom. The van der Waals surface area contributed by atoms with Crippen molar-refractivity contribution >= 4 is 0 Å². The first-order valence-electron chi connectivity index (χ1n) is 7.07. The van der Waals surface area contributed by atoms with Crippen LogP contribution in [0.5, 0.6) is 5.75 Å². The molecule has 108 valence electrons. The summed E-state index contributed by atoms with van der Waals surface area (Å²) in [4.78, 5) is 0. The standard InChI is InChI=1S/C16H26O3/c1-5-16(6-2,19-7-3)15(17)12-13-10-8-9-11-14(13)18-4/h8-11,15,17H,5-7,12H2,1-4H3. The van der Waals surface area contributed by atoms with Crippen molar-refractivity contribution in [2.45, 2.75) is 51.7 Å². The van der Waals surface area contributed by atoms with Gasteiger partial charge in [0.15, 0.2) is 0 Å². The van der Waals surface area contributed by atoms with E-state index in [2.05, 4.69) is 13.8 Å². The van der Waals surface area contributed by atoms with Crippen LogP contribution in [0.4, 0.5) is 0 Å². The van der Waals surface area contributed by atoms with Gasteiger partial charge in [-0.2, -0.15) is 0 Å². The quantitative estimate of drug-likeness (QED) is 0.785. The Bertz CT molecular complexity index is 372. The van der Waals surface area contributed by atoms with Crippen LogP contribution in [0.1, 0.15) is 39.2 Å². The maximum atomic E-state index is 10.6. The lowest BCUT2D eigenvalue weighted by Crippen LogP contribution is -2.45. The van der Waals surface area contributed by atoms with Gasteiger partial charge in [-0.15, -0.1) is 0 Å². The smallest absolute Gasteiger partial charge is 0.122 e. The molecule has 1 N–H and O–H groups in total. The lowest BCUT2D eigenvalue weighted by atomic mass is 9.86. The minimum atomic E-state index is -0.529. The normalized spacial score (nSPS) is 13.3. The summed E-state index contributed by atoms with van der Waals surface area (Å²) in [7, 11) is 1.65. The highest BCUT2D eigenvalue weighted by atomic mass is 16.5. The third kappa shape index (κ3) is 3.71. The van der Waals surface area contributed by atoms with E-state index in [9.17, 15) is 5.11 Å². The molecule has 1 aromatic rings. The number of methoxy groups -OCH3 is 1. The summed E-state index contributed by atoms with van der Waals surface area (Å²) in [6.07, 6.45) is 1.62. The van der Waals surface area contributed by atoms with Crippen LogP contribution in [0.2, 0.25) is 0 Å². The summed E-state index contributed by atoms with van der Waals surface area (Å²) in [6.45, 7) is 6.70. The van der Waals surface area contributed by atoms with Gasteiger partial charge in [-0.3, -0.25) is 0 Å². The zero-order valence-electron chi connectivity index (χ0n) is 12.5. The van der Waals surface area contributed by atoms with Crippen LogP contribution < -0.4 is 4.74 Å². The second-order valence-electron chi connectivity index (χ2n) is 4.74. The highest BCUT2D eigenvalue weighted by Crippen LogP contribution is 2.29. The van der Waals surface area contributed by atoms with Crippen LogP contribution in [0.25, 0.3) is 0 Å². The number of para-hydroxylation sites is 1. The Kier molecular flexibility index (Phi) is 6.32. The van der Waals surface area contributed by atoms with Crippen LogP contribution in [-0.2, 0) is 11.2 Å². The van der Waals surface area contributed by atoms with E-state index in [0.717, 1.165) is 24.2 Å².